The minimum absolute atomic E-state index is 0.0493. The zero-order chi connectivity index (χ0) is 28.5. The van der Waals surface area contributed by atoms with Gasteiger partial charge in [0.15, 0.2) is 11.5 Å². The predicted octanol–water partition coefficient (Wildman–Crippen LogP) is 3.58. The zero-order valence-electron chi connectivity index (χ0n) is 22.3. The summed E-state index contributed by atoms with van der Waals surface area (Å²) < 4.78 is 35.9. The Kier molecular flexibility index (Phi) is 7.91. The molecule has 3 aromatic rings. The quantitative estimate of drug-likeness (QED) is 0.370. The number of halogens is 2. The fraction of sp³-hybridized carbons (Fsp3) is 0.440. The van der Waals surface area contributed by atoms with Crippen molar-refractivity contribution in [3.8, 4) is 10.6 Å². The van der Waals surface area contributed by atoms with Crippen molar-refractivity contribution in [2.24, 2.45) is 7.05 Å². The smallest absolute Gasteiger partial charge is 0.412 e. The van der Waals surface area contributed by atoms with E-state index in [-0.39, 0.29) is 22.2 Å². The molecule has 0 spiro atoms. The highest BCUT2D eigenvalue weighted by molar-refractivity contribution is 7.19. The van der Waals surface area contributed by atoms with Crippen molar-refractivity contribution in [3.63, 3.8) is 0 Å². The van der Waals surface area contributed by atoms with E-state index in [0.717, 1.165) is 23.5 Å². The number of anilines is 3. The number of β-amino-alcohol motifs (C(OH)–C–C–N with tert-alkyl or cyclic N) is 1. The molecule has 3 heterocycles. The summed E-state index contributed by atoms with van der Waals surface area (Å²) in [5.74, 6) is -1.93. The number of hydrogen-bond donors (Lipinski definition) is 4. The number of nitrogens with zero attached hydrogens (tertiary/aromatic N) is 4. The van der Waals surface area contributed by atoms with Crippen LogP contribution in [0.5, 0.6) is 0 Å². The summed E-state index contributed by atoms with van der Waals surface area (Å²) in [6.45, 7) is 8.55. The van der Waals surface area contributed by atoms with Crippen LogP contribution in [-0.2, 0) is 11.8 Å². The predicted molar refractivity (Wildman–Crippen MR) is 144 cm³/mol. The SMILES string of the molecule is Cn1ncc(NC(=O)c2nc(-c3c(F)cccc3F)sc2NC(=O)OC(C)(C)C)c1N1CCNCC(C)(O)C1. The molecule has 2 amide bonds. The Labute approximate surface area is 228 Å². The first-order chi connectivity index (χ1) is 18.2. The third-order valence-corrected chi connectivity index (χ3v) is 6.67. The van der Waals surface area contributed by atoms with Crippen molar-refractivity contribution in [3.05, 3.63) is 41.7 Å². The molecule has 1 atom stereocenters. The number of carbonyl (C=O) groups excluding carboxylic acids is 2. The van der Waals surface area contributed by atoms with Gasteiger partial charge in [0, 0.05) is 33.2 Å². The summed E-state index contributed by atoms with van der Waals surface area (Å²) in [6, 6.07) is 3.37. The van der Waals surface area contributed by atoms with Crippen molar-refractivity contribution in [1.29, 1.82) is 0 Å². The molecule has 1 fully saturated rings. The molecule has 4 rings (SSSR count). The molecular weight excluding hydrogens is 532 g/mol. The Morgan fingerprint density at radius 3 is 2.59 bits per heavy atom. The van der Waals surface area contributed by atoms with Gasteiger partial charge < -0.3 is 25.4 Å². The Hall–Kier alpha value is -3.62. The largest absolute Gasteiger partial charge is 0.444 e. The maximum Gasteiger partial charge on any atom is 0.412 e. The monoisotopic (exact) mass is 563 g/mol. The zero-order valence-corrected chi connectivity index (χ0v) is 23.1. The van der Waals surface area contributed by atoms with E-state index < -0.39 is 40.4 Å². The molecule has 11 nitrogen and oxygen atoms in total. The molecule has 210 valence electrons. The molecule has 1 saturated heterocycles. The number of thiazole rings is 1. The van der Waals surface area contributed by atoms with Crippen LogP contribution in [0.4, 0.5) is 30.1 Å². The molecule has 1 aliphatic rings. The lowest BCUT2D eigenvalue weighted by Gasteiger charge is -2.30. The molecule has 4 N–H and O–H groups in total. The number of nitrogens with one attached hydrogen (secondary N) is 3. The number of aryl methyl sites for hydroxylation is 1. The summed E-state index contributed by atoms with van der Waals surface area (Å²) in [5.41, 5.74) is -2.21. The molecule has 1 aliphatic heterocycles. The average Bonchev–Trinajstić information content (AvgIpc) is 3.32. The maximum absolute atomic E-state index is 14.5. The molecule has 0 bridgehead atoms. The van der Waals surface area contributed by atoms with Gasteiger partial charge in [0.25, 0.3) is 5.91 Å². The minimum atomic E-state index is -1.03. The highest BCUT2D eigenvalue weighted by Crippen LogP contribution is 2.36. The van der Waals surface area contributed by atoms with Gasteiger partial charge in [-0.2, -0.15) is 5.10 Å². The van der Waals surface area contributed by atoms with Crippen molar-refractivity contribution < 1.29 is 28.2 Å². The Morgan fingerprint density at radius 1 is 1.23 bits per heavy atom. The fourth-order valence-electron chi connectivity index (χ4n) is 4.14. The first-order valence-electron chi connectivity index (χ1n) is 12.2. The highest BCUT2D eigenvalue weighted by Gasteiger charge is 2.31. The van der Waals surface area contributed by atoms with Crippen molar-refractivity contribution in [2.75, 3.05) is 41.7 Å². The van der Waals surface area contributed by atoms with E-state index in [1.54, 1.807) is 39.4 Å². The minimum Gasteiger partial charge on any atom is -0.444 e. The Balaban J connectivity index is 1.69. The third kappa shape index (κ3) is 6.69. The molecular formula is C25H31F2N7O4S. The summed E-state index contributed by atoms with van der Waals surface area (Å²) in [7, 11) is 1.70. The summed E-state index contributed by atoms with van der Waals surface area (Å²) in [4.78, 5) is 32.1. The molecule has 1 aromatic carbocycles. The first kappa shape index (κ1) is 28.4. The van der Waals surface area contributed by atoms with E-state index in [1.807, 2.05) is 4.90 Å². The van der Waals surface area contributed by atoms with Crippen LogP contribution < -0.4 is 20.9 Å². The second kappa shape index (κ2) is 10.9. The van der Waals surface area contributed by atoms with Crippen LogP contribution in [0.15, 0.2) is 24.4 Å². The number of carbonyl (C=O) groups is 2. The third-order valence-electron chi connectivity index (χ3n) is 5.68. The van der Waals surface area contributed by atoms with Gasteiger partial charge in [-0.25, -0.2) is 18.6 Å². The highest BCUT2D eigenvalue weighted by atomic mass is 32.1. The molecule has 0 saturated carbocycles. The van der Waals surface area contributed by atoms with E-state index in [1.165, 1.54) is 12.3 Å². The van der Waals surface area contributed by atoms with Crippen LogP contribution in [0.3, 0.4) is 0 Å². The summed E-state index contributed by atoms with van der Waals surface area (Å²) >= 11 is 0.738. The number of hydrogen-bond acceptors (Lipinski definition) is 9. The Morgan fingerprint density at radius 2 is 1.92 bits per heavy atom. The first-order valence-corrected chi connectivity index (χ1v) is 13.0. The average molecular weight is 564 g/mol. The van der Waals surface area contributed by atoms with Crippen LogP contribution in [-0.4, -0.2) is 69.3 Å². The van der Waals surface area contributed by atoms with Crippen molar-refractivity contribution >= 4 is 39.8 Å². The van der Waals surface area contributed by atoms with E-state index in [2.05, 4.69) is 26.0 Å². The molecule has 0 radical (unpaired) electrons. The lowest BCUT2D eigenvalue weighted by atomic mass is 10.1. The normalized spacial score (nSPS) is 18.0. The molecule has 1 unspecified atom stereocenters. The topological polar surface area (TPSA) is 134 Å². The second-order valence-corrected chi connectivity index (χ2v) is 11.5. The number of amides is 2. The van der Waals surface area contributed by atoms with Crippen LogP contribution in [0, 0.1) is 11.6 Å². The van der Waals surface area contributed by atoms with Gasteiger partial charge in [-0.3, -0.25) is 14.8 Å². The number of benzene rings is 1. The van der Waals surface area contributed by atoms with Crippen LogP contribution in [0.1, 0.15) is 38.2 Å². The fourth-order valence-corrected chi connectivity index (χ4v) is 5.14. The van der Waals surface area contributed by atoms with Crippen LogP contribution in [0.25, 0.3) is 10.6 Å². The molecule has 14 heteroatoms. The van der Waals surface area contributed by atoms with E-state index in [4.69, 9.17) is 4.74 Å². The second-order valence-electron chi connectivity index (χ2n) is 10.5. The van der Waals surface area contributed by atoms with Crippen molar-refractivity contribution in [2.45, 2.75) is 38.9 Å². The lowest BCUT2D eigenvalue weighted by Crippen LogP contribution is -2.44. The van der Waals surface area contributed by atoms with Gasteiger partial charge in [0.1, 0.15) is 32.9 Å². The Bertz CT molecular complexity index is 1360. The van der Waals surface area contributed by atoms with Gasteiger partial charge in [0.2, 0.25) is 0 Å². The van der Waals surface area contributed by atoms with E-state index >= 15 is 0 Å². The van der Waals surface area contributed by atoms with E-state index in [0.29, 0.717) is 31.1 Å². The van der Waals surface area contributed by atoms with Gasteiger partial charge in [-0.05, 0) is 39.8 Å². The van der Waals surface area contributed by atoms with Crippen molar-refractivity contribution in [1.82, 2.24) is 20.1 Å². The number of aliphatic hydroxyl groups is 1. The standard InChI is InChI=1S/C25H31F2N7O4S/c1-24(2,3)38-23(36)32-21-18(31-20(39-21)17-14(26)7-6-8-15(17)27)19(35)30-16-11-29-33(5)22(16)34-10-9-28-12-25(4,37)13-34/h6-8,11,28,37H,9-10,12-13H2,1-5H3,(H,30,35)(H,32,36). The maximum atomic E-state index is 14.5. The number of ether oxygens (including phenoxy) is 1. The van der Waals surface area contributed by atoms with Gasteiger partial charge in [-0.1, -0.05) is 17.4 Å². The summed E-state index contributed by atoms with van der Waals surface area (Å²) in [6.07, 6.45) is 0.590. The number of rotatable bonds is 5. The molecule has 2 aromatic heterocycles. The van der Waals surface area contributed by atoms with Crippen LogP contribution in [0.2, 0.25) is 0 Å². The van der Waals surface area contributed by atoms with Gasteiger partial charge >= 0.3 is 6.09 Å². The summed E-state index contributed by atoms with van der Waals surface area (Å²) in [5, 5.41) is 23.2. The number of aromatic nitrogens is 3. The van der Waals surface area contributed by atoms with E-state index in [9.17, 15) is 23.5 Å². The van der Waals surface area contributed by atoms with Gasteiger partial charge in [-0.15, -0.1) is 0 Å². The van der Waals surface area contributed by atoms with Gasteiger partial charge in [0.05, 0.1) is 17.4 Å². The lowest BCUT2D eigenvalue weighted by molar-refractivity contribution is 0.0635. The van der Waals surface area contributed by atoms with Crippen LogP contribution >= 0.6 is 11.3 Å². The molecule has 39 heavy (non-hydrogen) atoms. The molecule has 0 aliphatic carbocycles.